The predicted octanol–water partition coefficient (Wildman–Crippen LogP) is 4.30. The summed E-state index contributed by atoms with van der Waals surface area (Å²) in [7, 11) is 1.77. The van der Waals surface area contributed by atoms with Gasteiger partial charge >= 0.3 is 0 Å². The Balaban J connectivity index is 1.65. The van der Waals surface area contributed by atoms with Gasteiger partial charge in [0.1, 0.15) is 5.54 Å². The standard InChI is InChI=1S/C23H24FN3O/c1-28-18-6-8-22(9-7-18)12-16-5-4-15(17-3-2-10-26-14-17)11-19(16)23(22)13-20(24)21(25)27-23/h2-5,10-11,13-14,18H,6-9,12H2,1H3,(H2,25,27). The molecular weight excluding hydrogens is 353 g/mol. The van der Waals surface area contributed by atoms with Crippen LogP contribution in [0.1, 0.15) is 36.8 Å². The first-order chi connectivity index (χ1) is 13.6. The molecule has 1 aromatic heterocycles. The first-order valence-corrected chi connectivity index (χ1v) is 9.88. The predicted molar refractivity (Wildman–Crippen MR) is 108 cm³/mol. The molecule has 1 unspecified atom stereocenters. The molecule has 1 aromatic carbocycles. The minimum atomic E-state index is -0.715. The molecule has 2 heterocycles. The second kappa shape index (κ2) is 6.24. The molecule has 144 valence electrons. The number of halogens is 1. The summed E-state index contributed by atoms with van der Waals surface area (Å²) in [5.41, 5.74) is 9.54. The highest BCUT2D eigenvalue weighted by atomic mass is 19.1. The molecule has 0 bridgehead atoms. The number of nitrogens with two attached hydrogens (primary N) is 1. The highest BCUT2D eigenvalue weighted by Gasteiger charge is 2.59. The number of ether oxygens (including phenoxy) is 1. The Kier molecular flexibility index (Phi) is 3.91. The van der Waals surface area contributed by atoms with E-state index in [1.807, 2.05) is 18.3 Å². The zero-order valence-electron chi connectivity index (χ0n) is 16.0. The minimum absolute atomic E-state index is 0.0212. The van der Waals surface area contributed by atoms with Crippen molar-refractivity contribution < 1.29 is 9.13 Å². The van der Waals surface area contributed by atoms with Crippen LogP contribution in [0.3, 0.4) is 0 Å². The fourth-order valence-corrected chi connectivity index (χ4v) is 5.46. The molecule has 2 aromatic rings. The van der Waals surface area contributed by atoms with Gasteiger partial charge in [-0.3, -0.25) is 4.98 Å². The van der Waals surface area contributed by atoms with Gasteiger partial charge in [0.05, 0.1) is 6.10 Å². The third kappa shape index (κ3) is 2.39. The summed E-state index contributed by atoms with van der Waals surface area (Å²) in [5, 5.41) is 0. The van der Waals surface area contributed by atoms with E-state index in [9.17, 15) is 4.39 Å². The molecular formula is C23H24FN3O. The van der Waals surface area contributed by atoms with Crippen molar-refractivity contribution in [2.45, 2.75) is 43.7 Å². The SMILES string of the molecule is COC1CCC2(CC1)Cc1ccc(-c3cccnc3)cc1C21C=C(F)C(N)=N1. The fourth-order valence-electron chi connectivity index (χ4n) is 5.46. The first-order valence-electron chi connectivity index (χ1n) is 9.88. The average Bonchev–Trinajstić information content (AvgIpc) is 3.17. The number of benzene rings is 1. The van der Waals surface area contributed by atoms with Crippen LogP contribution in [0.5, 0.6) is 0 Å². The maximum absolute atomic E-state index is 14.6. The van der Waals surface area contributed by atoms with Gasteiger partial charge in [0, 0.05) is 24.9 Å². The Morgan fingerprint density at radius 3 is 2.64 bits per heavy atom. The van der Waals surface area contributed by atoms with Gasteiger partial charge in [0.25, 0.3) is 0 Å². The lowest BCUT2D eigenvalue weighted by Gasteiger charge is -2.45. The molecule has 1 aliphatic heterocycles. The van der Waals surface area contributed by atoms with E-state index in [0.29, 0.717) is 0 Å². The zero-order chi connectivity index (χ0) is 19.4. The lowest BCUT2D eigenvalue weighted by molar-refractivity contribution is 0.00815. The molecule has 0 amide bonds. The average molecular weight is 377 g/mol. The van der Waals surface area contributed by atoms with Crippen LogP contribution in [-0.2, 0) is 16.7 Å². The van der Waals surface area contributed by atoms with Gasteiger partial charge < -0.3 is 10.5 Å². The van der Waals surface area contributed by atoms with Crippen LogP contribution in [-0.4, -0.2) is 24.0 Å². The van der Waals surface area contributed by atoms with Crippen LogP contribution in [0.25, 0.3) is 11.1 Å². The lowest BCUT2D eigenvalue weighted by atomic mass is 9.62. The third-order valence-electron chi connectivity index (χ3n) is 6.95. The number of aromatic nitrogens is 1. The molecule has 1 saturated carbocycles. The topological polar surface area (TPSA) is 60.5 Å². The van der Waals surface area contributed by atoms with E-state index >= 15 is 0 Å². The maximum atomic E-state index is 14.6. The Labute approximate surface area is 164 Å². The lowest BCUT2D eigenvalue weighted by Crippen LogP contribution is -2.43. The van der Waals surface area contributed by atoms with E-state index < -0.39 is 11.4 Å². The summed E-state index contributed by atoms with van der Waals surface area (Å²) in [6.07, 6.45) is 10.3. The number of methoxy groups -OCH3 is 1. The van der Waals surface area contributed by atoms with Crippen LogP contribution in [0.15, 0.2) is 59.6 Å². The van der Waals surface area contributed by atoms with Gasteiger partial charge in [0.2, 0.25) is 0 Å². The summed E-state index contributed by atoms with van der Waals surface area (Å²) < 4.78 is 20.2. The van der Waals surface area contributed by atoms with Crippen molar-refractivity contribution in [3.05, 3.63) is 65.8 Å². The number of rotatable bonds is 2. The Hall–Kier alpha value is -2.53. The number of hydrogen-bond acceptors (Lipinski definition) is 4. The second-order valence-electron chi connectivity index (χ2n) is 8.26. The van der Waals surface area contributed by atoms with Crippen molar-refractivity contribution in [3.63, 3.8) is 0 Å². The number of aliphatic imine (C=N–C) groups is 1. The molecule has 0 radical (unpaired) electrons. The van der Waals surface area contributed by atoms with Crippen molar-refractivity contribution >= 4 is 5.84 Å². The number of amidine groups is 1. The Morgan fingerprint density at radius 2 is 2.00 bits per heavy atom. The van der Waals surface area contributed by atoms with Gasteiger partial charge in [-0.05, 0) is 72.6 Å². The molecule has 5 heteroatoms. The molecule has 4 nitrogen and oxygen atoms in total. The molecule has 0 saturated heterocycles. The number of pyridine rings is 1. The third-order valence-corrected chi connectivity index (χ3v) is 6.95. The summed E-state index contributed by atoms with van der Waals surface area (Å²) in [6, 6.07) is 10.4. The van der Waals surface area contributed by atoms with E-state index in [1.165, 1.54) is 5.56 Å². The molecule has 2 N–H and O–H groups in total. The van der Waals surface area contributed by atoms with Gasteiger partial charge in [-0.15, -0.1) is 0 Å². The Bertz CT molecular complexity index is 957. The normalized spacial score (nSPS) is 31.1. The van der Waals surface area contributed by atoms with Gasteiger partial charge in [-0.25, -0.2) is 9.38 Å². The first kappa shape index (κ1) is 17.6. The summed E-state index contributed by atoms with van der Waals surface area (Å²) >= 11 is 0. The molecule has 1 atom stereocenters. The Morgan fingerprint density at radius 1 is 1.18 bits per heavy atom. The number of nitrogens with zero attached hydrogens (tertiary/aromatic N) is 2. The highest BCUT2D eigenvalue weighted by Crippen LogP contribution is 2.62. The monoisotopic (exact) mass is 377 g/mol. The van der Waals surface area contributed by atoms with E-state index in [1.54, 1.807) is 19.4 Å². The van der Waals surface area contributed by atoms with Crippen molar-refractivity contribution in [1.82, 2.24) is 4.98 Å². The van der Waals surface area contributed by atoms with E-state index in [4.69, 9.17) is 15.5 Å². The van der Waals surface area contributed by atoms with Gasteiger partial charge in [0.15, 0.2) is 11.7 Å². The smallest absolute Gasteiger partial charge is 0.163 e. The van der Waals surface area contributed by atoms with Gasteiger partial charge in [-0.2, -0.15) is 0 Å². The van der Waals surface area contributed by atoms with Crippen molar-refractivity contribution in [2.75, 3.05) is 7.11 Å². The molecule has 28 heavy (non-hydrogen) atoms. The van der Waals surface area contributed by atoms with Crippen LogP contribution in [0, 0.1) is 5.41 Å². The molecule has 5 rings (SSSR count). The molecule has 2 aliphatic carbocycles. The second-order valence-corrected chi connectivity index (χ2v) is 8.26. The van der Waals surface area contributed by atoms with Crippen LogP contribution in [0.2, 0.25) is 0 Å². The van der Waals surface area contributed by atoms with Crippen molar-refractivity contribution in [2.24, 2.45) is 16.1 Å². The van der Waals surface area contributed by atoms with E-state index in [2.05, 4.69) is 23.2 Å². The van der Waals surface area contributed by atoms with Crippen molar-refractivity contribution in [1.29, 1.82) is 0 Å². The van der Waals surface area contributed by atoms with Crippen LogP contribution >= 0.6 is 0 Å². The largest absolute Gasteiger partial charge is 0.382 e. The summed E-state index contributed by atoms with van der Waals surface area (Å²) in [5.74, 6) is -0.374. The maximum Gasteiger partial charge on any atom is 0.163 e. The highest BCUT2D eigenvalue weighted by molar-refractivity contribution is 5.98. The van der Waals surface area contributed by atoms with Gasteiger partial charge in [-0.1, -0.05) is 18.2 Å². The molecule has 1 fully saturated rings. The molecule has 3 aliphatic rings. The number of hydrogen-bond donors (Lipinski definition) is 1. The minimum Gasteiger partial charge on any atom is -0.382 e. The fraction of sp³-hybridized carbons (Fsp3) is 0.391. The summed E-state index contributed by atoms with van der Waals surface area (Å²) in [6.45, 7) is 0. The van der Waals surface area contributed by atoms with E-state index in [0.717, 1.165) is 48.8 Å². The number of fused-ring (bicyclic) bond motifs is 3. The quantitative estimate of drug-likeness (QED) is 0.849. The summed E-state index contributed by atoms with van der Waals surface area (Å²) in [4.78, 5) is 9.01. The van der Waals surface area contributed by atoms with Crippen LogP contribution < -0.4 is 5.73 Å². The zero-order valence-corrected chi connectivity index (χ0v) is 16.0. The van der Waals surface area contributed by atoms with Crippen LogP contribution in [0.4, 0.5) is 4.39 Å². The molecule has 2 spiro atoms. The van der Waals surface area contributed by atoms with Crippen molar-refractivity contribution in [3.8, 4) is 11.1 Å². The van der Waals surface area contributed by atoms with E-state index in [-0.39, 0.29) is 17.4 Å².